The van der Waals surface area contributed by atoms with Crippen molar-refractivity contribution in [3.63, 3.8) is 0 Å². The van der Waals surface area contributed by atoms with E-state index in [0.29, 0.717) is 21.5 Å². The highest BCUT2D eigenvalue weighted by molar-refractivity contribution is 8.44. The number of nitrogens with two attached hydrogens (primary N) is 2. The molecule has 4 aromatic rings. The number of imidazole rings is 1. The molecule has 49 heavy (non-hydrogen) atoms. The highest BCUT2D eigenvalue weighted by Crippen LogP contribution is 2.56. The first-order valence-electron chi connectivity index (χ1n) is 14.6. The van der Waals surface area contributed by atoms with E-state index in [0.717, 1.165) is 11.3 Å². The molecule has 24 heteroatoms. The third-order valence-corrected chi connectivity index (χ3v) is 11.8. The Bertz CT molecular complexity index is 2010. The highest BCUT2D eigenvalue weighted by atomic mass is 32.7. The number of fused-ring (bicyclic) bond motifs is 2. The van der Waals surface area contributed by atoms with Crippen molar-refractivity contribution in [2.24, 2.45) is 17.8 Å². The molecule has 19 nitrogen and oxygen atoms in total. The lowest BCUT2D eigenvalue weighted by Gasteiger charge is -2.24. The van der Waals surface area contributed by atoms with E-state index in [1.165, 1.54) is 30.7 Å². The van der Waals surface area contributed by atoms with Gasteiger partial charge in [0.2, 0.25) is 0 Å². The average molecular weight is 778 g/mol. The molecule has 2 aliphatic rings. The van der Waals surface area contributed by atoms with Gasteiger partial charge in [-0.05, 0) is 0 Å². The van der Waals surface area contributed by atoms with Crippen LogP contribution in [0, 0.1) is 17.8 Å². The monoisotopic (exact) mass is 777 g/mol. The van der Waals surface area contributed by atoms with Crippen LogP contribution in [0.5, 0.6) is 0 Å². The molecule has 0 saturated carbocycles. The van der Waals surface area contributed by atoms with E-state index >= 15 is 0 Å². The summed E-state index contributed by atoms with van der Waals surface area (Å²) in [6.45, 7) is -3.40. The van der Waals surface area contributed by atoms with Gasteiger partial charge in [0.25, 0.3) is 0 Å². The second-order valence-electron chi connectivity index (χ2n) is 11.2. The number of thiazole rings is 1. The van der Waals surface area contributed by atoms with Crippen LogP contribution in [0.2, 0.25) is 0 Å². The summed E-state index contributed by atoms with van der Waals surface area (Å²) in [5.41, 5.74) is 13.0. The second kappa shape index (κ2) is 14.3. The van der Waals surface area contributed by atoms with Crippen LogP contribution in [-0.2, 0) is 36.9 Å². The van der Waals surface area contributed by atoms with Crippen LogP contribution in [0.1, 0.15) is 19.4 Å². The summed E-state index contributed by atoms with van der Waals surface area (Å²) >= 11 is 8.68. The van der Waals surface area contributed by atoms with Crippen molar-refractivity contribution in [2.75, 3.05) is 38.4 Å². The first-order chi connectivity index (χ1) is 23.2. The van der Waals surface area contributed by atoms with Crippen LogP contribution in [0.25, 0.3) is 21.5 Å². The van der Waals surface area contributed by atoms with E-state index in [1.807, 2.05) is 6.92 Å². The molecule has 4 aromatic heterocycles. The van der Waals surface area contributed by atoms with Gasteiger partial charge in [-0.25, -0.2) is 34.0 Å². The molecule has 0 radical (unpaired) electrons. The zero-order valence-electron chi connectivity index (χ0n) is 25.9. The SMILES string of the molecule is C=C[C@@H]1C(COP(=O)(S)OCC2O[C@@H](n3c(=O)sc4c(N)ncnc43)[C@H](C)C2OC)C(COP(=O)(O)S)O[C@H]1n1cnc2c(N)ncnc21. The molecule has 10 atom stereocenters. The quantitative estimate of drug-likeness (QED) is 0.0743. The molecular weight excluding hydrogens is 744 g/mol. The van der Waals surface area contributed by atoms with Gasteiger partial charge in [0.15, 0.2) is 17.1 Å². The standard InChI is InChI=1S/C25H33N9O10P2S3/c1-4-12-13(14(6-40-45(36,37)47)43-24(12)33-10-32-16-19(26)28-8-30-21(16)33)5-41-46(38,48)42-7-15-17(39-3)11(2)23(44-15)34-22-18(49-25(34)35)20(27)29-9-31-22/h4,8-15,17,23-24H,1,5-7H2,2-3H3,(H,38,48)(H2,26,28,30)(H2,27,29,31)(H2,36,37,47)/t11-,12-,13?,14?,15?,17?,23-,24-,46?/m1/s1. The van der Waals surface area contributed by atoms with Crippen LogP contribution >= 0.6 is 49.4 Å². The van der Waals surface area contributed by atoms with Crippen molar-refractivity contribution in [2.45, 2.75) is 37.7 Å². The molecule has 266 valence electrons. The number of anilines is 2. The summed E-state index contributed by atoms with van der Waals surface area (Å²) in [7, 11) is 1.49. The minimum absolute atomic E-state index is 0.165. The fourth-order valence-corrected chi connectivity index (χ4v) is 8.71. The summed E-state index contributed by atoms with van der Waals surface area (Å²) in [4.78, 5) is 43.0. The van der Waals surface area contributed by atoms with Crippen molar-refractivity contribution in [1.82, 2.24) is 34.1 Å². The smallest absolute Gasteiger partial charge is 0.382 e. The Morgan fingerprint density at radius 1 is 1.00 bits per heavy atom. The van der Waals surface area contributed by atoms with Crippen LogP contribution in [0.3, 0.4) is 0 Å². The number of aromatic nitrogens is 7. The summed E-state index contributed by atoms with van der Waals surface area (Å²) < 4.78 is 63.4. The fourth-order valence-electron chi connectivity index (χ4n) is 6.14. The molecule has 0 aromatic carbocycles. The molecule has 2 saturated heterocycles. The summed E-state index contributed by atoms with van der Waals surface area (Å²) in [6, 6.07) is 0. The topological polar surface area (TPSA) is 253 Å². The number of rotatable bonds is 13. The summed E-state index contributed by atoms with van der Waals surface area (Å²) in [5, 5.41) is 0. The lowest BCUT2D eigenvalue weighted by Crippen LogP contribution is -2.31. The number of nitrogens with zero attached hydrogens (tertiary/aromatic N) is 7. The Morgan fingerprint density at radius 2 is 1.65 bits per heavy atom. The Morgan fingerprint density at radius 3 is 2.35 bits per heavy atom. The number of hydrogen-bond acceptors (Lipinski definition) is 17. The lowest BCUT2D eigenvalue weighted by atomic mass is 9.90. The number of ether oxygens (including phenoxy) is 3. The van der Waals surface area contributed by atoms with Crippen LogP contribution in [-0.4, -0.2) is 84.2 Å². The van der Waals surface area contributed by atoms with Gasteiger partial charge < -0.3 is 35.1 Å². The maximum absolute atomic E-state index is 13.5. The fraction of sp³-hybridized carbons (Fsp3) is 0.520. The average Bonchev–Trinajstić information content (AvgIpc) is 3.79. The second-order valence-corrected chi connectivity index (χ2v) is 17.9. The Hall–Kier alpha value is -2.46. The van der Waals surface area contributed by atoms with Crippen LogP contribution in [0.4, 0.5) is 11.6 Å². The maximum Gasteiger partial charge on any atom is 0.386 e. The molecule has 0 aliphatic carbocycles. The molecule has 0 amide bonds. The zero-order chi connectivity index (χ0) is 35.2. The molecule has 0 bridgehead atoms. The summed E-state index contributed by atoms with van der Waals surface area (Å²) in [5.74, 6) is -1.20. The molecule has 2 fully saturated rings. The van der Waals surface area contributed by atoms with E-state index in [9.17, 15) is 18.8 Å². The lowest BCUT2D eigenvalue weighted by molar-refractivity contribution is -0.0494. The van der Waals surface area contributed by atoms with Gasteiger partial charge in [-0.2, -0.15) is 0 Å². The van der Waals surface area contributed by atoms with Gasteiger partial charge in [0.1, 0.15) is 47.2 Å². The predicted octanol–water partition coefficient (Wildman–Crippen LogP) is 2.84. The Balaban J connectivity index is 1.17. The third-order valence-electron chi connectivity index (χ3n) is 8.39. The predicted molar refractivity (Wildman–Crippen MR) is 184 cm³/mol. The number of thiol groups is 2. The van der Waals surface area contributed by atoms with Crippen LogP contribution < -0.4 is 16.3 Å². The third kappa shape index (κ3) is 7.33. The summed E-state index contributed by atoms with van der Waals surface area (Å²) in [6.07, 6.45) is 1.79. The van der Waals surface area contributed by atoms with Crippen molar-refractivity contribution < 1.29 is 41.8 Å². The van der Waals surface area contributed by atoms with Gasteiger partial charge in [0.05, 0.1) is 38.4 Å². The molecule has 6 heterocycles. The van der Waals surface area contributed by atoms with Gasteiger partial charge in [-0.15, -0.1) is 6.58 Å². The van der Waals surface area contributed by atoms with Gasteiger partial charge in [-0.3, -0.25) is 23.0 Å². The largest absolute Gasteiger partial charge is 0.386 e. The first-order valence-corrected chi connectivity index (χ1v) is 20.8. The molecule has 5 N–H and O–H groups in total. The van der Waals surface area contributed by atoms with E-state index in [-0.39, 0.29) is 42.2 Å². The molecule has 2 aliphatic heterocycles. The van der Waals surface area contributed by atoms with E-state index in [1.54, 1.807) is 10.6 Å². The molecule has 6 rings (SSSR count). The van der Waals surface area contributed by atoms with Gasteiger partial charge in [-0.1, -0.05) is 48.8 Å². The van der Waals surface area contributed by atoms with Gasteiger partial charge >= 0.3 is 18.5 Å². The van der Waals surface area contributed by atoms with E-state index in [2.05, 4.69) is 56.0 Å². The number of nitrogen functional groups attached to an aromatic ring is 2. The maximum atomic E-state index is 13.5. The van der Waals surface area contributed by atoms with Crippen LogP contribution in [0.15, 0.2) is 36.4 Å². The molecule has 6 unspecified atom stereocenters. The highest BCUT2D eigenvalue weighted by Gasteiger charge is 2.48. The molecule has 0 spiro atoms. The zero-order valence-corrected chi connectivity index (χ0v) is 30.3. The number of methoxy groups -OCH3 is 1. The van der Waals surface area contributed by atoms with Crippen molar-refractivity contribution >= 4 is 82.6 Å². The van der Waals surface area contributed by atoms with E-state index in [4.69, 9.17) is 39.2 Å². The first kappa shape index (κ1) is 36.3. The Kier molecular flexibility index (Phi) is 10.6. The normalized spacial score (nSPS) is 29.7. The van der Waals surface area contributed by atoms with E-state index < -0.39 is 56.2 Å². The number of hydrogen-bond donors (Lipinski definition) is 5. The van der Waals surface area contributed by atoms with Crippen molar-refractivity contribution in [1.29, 1.82) is 0 Å². The Labute approximate surface area is 292 Å². The minimum atomic E-state index is -4.19. The minimum Gasteiger partial charge on any atom is -0.382 e. The molecular formula is C25H33N9O10P2S3. The van der Waals surface area contributed by atoms with Gasteiger partial charge in [0, 0.05) is 24.9 Å². The van der Waals surface area contributed by atoms with Crippen molar-refractivity contribution in [3.8, 4) is 0 Å². The van der Waals surface area contributed by atoms with Crippen molar-refractivity contribution in [3.05, 3.63) is 41.3 Å².